The van der Waals surface area contributed by atoms with Gasteiger partial charge in [-0.15, -0.1) is 17.5 Å². The minimum Gasteiger partial charge on any atom is -0.504 e. The first kappa shape index (κ1) is 23.9. The van der Waals surface area contributed by atoms with E-state index in [1.807, 2.05) is 0 Å². The number of nitrogens with one attached hydrogen (secondary N) is 1. The Morgan fingerprint density at radius 1 is 1.33 bits per heavy atom. The van der Waals surface area contributed by atoms with Crippen molar-refractivity contribution >= 4 is 30.3 Å². The van der Waals surface area contributed by atoms with E-state index < -0.39 is 5.91 Å². The summed E-state index contributed by atoms with van der Waals surface area (Å²) < 4.78 is 10.8. The molecule has 0 spiro atoms. The quantitative estimate of drug-likeness (QED) is 0.331. The van der Waals surface area contributed by atoms with Crippen LogP contribution in [-0.2, 0) is 6.54 Å². The van der Waals surface area contributed by atoms with Gasteiger partial charge in [0.1, 0.15) is 5.69 Å². The SMILES string of the molecule is COc1ccc(/C=N/NC(=O)c2c(CN3CCCCC3)nnn2-c2nonc2N)cc1O.Cl. The normalized spacial score (nSPS) is 14.2. The van der Waals surface area contributed by atoms with Crippen molar-refractivity contribution in [3.63, 3.8) is 0 Å². The predicted molar refractivity (Wildman–Crippen MR) is 120 cm³/mol. The summed E-state index contributed by atoms with van der Waals surface area (Å²) in [5.74, 6) is -0.217. The first-order valence-electron chi connectivity index (χ1n) is 10.0. The number of aromatic nitrogens is 5. The smallest absolute Gasteiger partial charge is 0.292 e. The number of carbonyl (C=O) groups excluding carboxylic acids is 1. The molecule has 14 heteroatoms. The molecule has 0 radical (unpaired) electrons. The molecule has 1 aromatic carbocycles. The molecular formula is C19H24ClN9O4. The van der Waals surface area contributed by atoms with E-state index in [-0.39, 0.29) is 35.5 Å². The molecule has 0 aliphatic carbocycles. The summed E-state index contributed by atoms with van der Waals surface area (Å²) in [4.78, 5) is 15.2. The van der Waals surface area contributed by atoms with Gasteiger partial charge in [-0.1, -0.05) is 11.6 Å². The number of rotatable bonds is 7. The molecule has 3 aromatic rings. The Hall–Kier alpha value is -3.71. The fourth-order valence-electron chi connectivity index (χ4n) is 3.47. The van der Waals surface area contributed by atoms with Crippen LogP contribution in [0.5, 0.6) is 11.5 Å². The zero-order valence-electron chi connectivity index (χ0n) is 17.8. The Morgan fingerprint density at radius 2 is 2.12 bits per heavy atom. The van der Waals surface area contributed by atoms with Gasteiger partial charge in [0.25, 0.3) is 5.91 Å². The van der Waals surface area contributed by atoms with Gasteiger partial charge in [0.05, 0.1) is 13.3 Å². The van der Waals surface area contributed by atoms with Crippen LogP contribution in [0.3, 0.4) is 0 Å². The number of nitrogens with two attached hydrogens (primary N) is 1. The fourth-order valence-corrected chi connectivity index (χ4v) is 3.47. The summed E-state index contributed by atoms with van der Waals surface area (Å²) >= 11 is 0. The highest BCUT2D eigenvalue weighted by atomic mass is 35.5. The molecule has 13 nitrogen and oxygen atoms in total. The van der Waals surface area contributed by atoms with E-state index >= 15 is 0 Å². The number of halogens is 1. The lowest BCUT2D eigenvalue weighted by molar-refractivity contribution is 0.0944. The second-order valence-electron chi connectivity index (χ2n) is 7.24. The number of phenols is 1. The summed E-state index contributed by atoms with van der Waals surface area (Å²) in [6.07, 6.45) is 4.76. The molecular weight excluding hydrogens is 454 g/mol. The number of ether oxygens (including phenoxy) is 1. The number of phenolic OH excluding ortho intramolecular Hbond substituents is 1. The van der Waals surface area contributed by atoms with E-state index in [9.17, 15) is 9.90 Å². The van der Waals surface area contributed by atoms with Crippen LogP contribution in [0.25, 0.3) is 5.82 Å². The molecule has 1 aliphatic heterocycles. The fraction of sp³-hybridized carbons (Fsp3) is 0.368. The largest absolute Gasteiger partial charge is 0.504 e. The van der Waals surface area contributed by atoms with Crippen LogP contribution in [-0.4, -0.2) is 67.6 Å². The van der Waals surface area contributed by atoms with Crippen molar-refractivity contribution in [2.24, 2.45) is 5.10 Å². The number of anilines is 1. The van der Waals surface area contributed by atoms with Crippen molar-refractivity contribution in [2.45, 2.75) is 25.8 Å². The minimum absolute atomic E-state index is 0. The summed E-state index contributed by atoms with van der Waals surface area (Å²) in [5.41, 5.74) is 9.41. The number of nitrogens with zero attached hydrogens (tertiary/aromatic N) is 7. The van der Waals surface area contributed by atoms with Crippen LogP contribution in [0.2, 0.25) is 0 Å². The van der Waals surface area contributed by atoms with E-state index in [4.69, 9.17) is 10.5 Å². The number of amides is 1. The summed E-state index contributed by atoms with van der Waals surface area (Å²) in [6, 6.07) is 4.74. The van der Waals surface area contributed by atoms with Crippen molar-refractivity contribution in [1.82, 2.24) is 35.6 Å². The average Bonchev–Trinajstić information content (AvgIpc) is 3.40. The summed E-state index contributed by atoms with van der Waals surface area (Å²) in [5, 5.41) is 29.3. The first-order valence-corrected chi connectivity index (χ1v) is 10.0. The number of hydrazone groups is 1. The van der Waals surface area contributed by atoms with Gasteiger partial charge in [-0.2, -0.15) is 9.78 Å². The second kappa shape index (κ2) is 10.7. The molecule has 1 aliphatic rings. The van der Waals surface area contributed by atoms with Crippen LogP contribution < -0.4 is 15.9 Å². The number of methoxy groups -OCH3 is 1. The van der Waals surface area contributed by atoms with E-state index in [0.717, 1.165) is 25.9 Å². The molecule has 3 heterocycles. The highest BCUT2D eigenvalue weighted by Gasteiger charge is 2.26. The molecule has 0 atom stereocenters. The van der Waals surface area contributed by atoms with Crippen molar-refractivity contribution in [1.29, 1.82) is 0 Å². The third-order valence-electron chi connectivity index (χ3n) is 5.06. The first-order chi connectivity index (χ1) is 15.6. The molecule has 0 bridgehead atoms. The molecule has 1 saturated heterocycles. The second-order valence-corrected chi connectivity index (χ2v) is 7.24. The van der Waals surface area contributed by atoms with Gasteiger partial charge in [0.2, 0.25) is 11.6 Å². The van der Waals surface area contributed by atoms with E-state index in [0.29, 0.717) is 23.6 Å². The number of hydrogen-bond donors (Lipinski definition) is 3. The van der Waals surface area contributed by atoms with E-state index in [2.05, 4.69) is 40.7 Å². The lowest BCUT2D eigenvalue weighted by Crippen LogP contribution is -2.31. The Morgan fingerprint density at radius 3 is 2.79 bits per heavy atom. The molecule has 4 N–H and O–H groups in total. The van der Waals surface area contributed by atoms with Crippen LogP contribution in [0.15, 0.2) is 27.9 Å². The van der Waals surface area contributed by atoms with Crippen molar-refractivity contribution < 1.29 is 19.3 Å². The summed E-state index contributed by atoms with van der Waals surface area (Å²) in [6.45, 7) is 2.28. The van der Waals surface area contributed by atoms with E-state index in [1.54, 1.807) is 12.1 Å². The topological polar surface area (TPSA) is 170 Å². The van der Waals surface area contributed by atoms with Gasteiger partial charge in [0, 0.05) is 6.54 Å². The molecule has 4 rings (SSSR count). The van der Waals surface area contributed by atoms with Gasteiger partial charge >= 0.3 is 0 Å². The monoisotopic (exact) mass is 477 g/mol. The van der Waals surface area contributed by atoms with Gasteiger partial charge in [-0.3, -0.25) is 9.69 Å². The Balaban J connectivity index is 0.00000306. The predicted octanol–water partition coefficient (Wildman–Crippen LogP) is 1.12. The van der Waals surface area contributed by atoms with Crippen LogP contribution in [0.1, 0.15) is 41.0 Å². The minimum atomic E-state index is -0.557. The zero-order chi connectivity index (χ0) is 22.5. The maximum Gasteiger partial charge on any atom is 0.292 e. The number of hydrogen-bond acceptors (Lipinski definition) is 11. The van der Waals surface area contributed by atoms with Crippen LogP contribution in [0, 0.1) is 0 Å². The van der Waals surface area contributed by atoms with Gasteiger partial charge in [0.15, 0.2) is 17.2 Å². The zero-order valence-corrected chi connectivity index (χ0v) is 18.7. The number of nitrogen functional groups attached to an aromatic ring is 1. The third kappa shape index (κ3) is 5.38. The Bertz CT molecular complexity index is 1120. The molecule has 33 heavy (non-hydrogen) atoms. The third-order valence-corrected chi connectivity index (χ3v) is 5.06. The molecule has 1 amide bonds. The lowest BCUT2D eigenvalue weighted by Gasteiger charge is -2.25. The number of carbonyl (C=O) groups is 1. The molecule has 176 valence electrons. The van der Waals surface area contributed by atoms with Crippen molar-refractivity contribution in [2.75, 3.05) is 25.9 Å². The Kier molecular flexibility index (Phi) is 7.79. The highest BCUT2D eigenvalue weighted by Crippen LogP contribution is 2.25. The standard InChI is InChI=1S/C19H23N9O4.ClH/c1-31-15-6-5-12(9-14(15)29)10-21-23-19(30)16-13(11-27-7-3-2-4-8-27)22-26-28(16)18-17(20)24-32-25-18;/h5-6,9-10,29H,2-4,7-8,11H2,1H3,(H2,20,24)(H,23,30);1H/b21-10+;. The molecule has 1 fully saturated rings. The summed E-state index contributed by atoms with van der Waals surface area (Å²) in [7, 11) is 1.46. The lowest BCUT2D eigenvalue weighted by atomic mass is 10.1. The van der Waals surface area contributed by atoms with Crippen molar-refractivity contribution in [3.05, 3.63) is 35.2 Å². The maximum absolute atomic E-state index is 13.0. The maximum atomic E-state index is 13.0. The molecule has 2 aromatic heterocycles. The molecule has 0 saturated carbocycles. The van der Waals surface area contributed by atoms with Gasteiger partial charge in [-0.25, -0.2) is 10.1 Å². The van der Waals surface area contributed by atoms with Crippen molar-refractivity contribution in [3.8, 4) is 17.3 Å². The number of likely N-dealkylation sites (tertiary alicyclic amines) is 1. The number of benzene rings is 1. The number of aromatic hydroxyl groups is 1. The van der Waals surface area contributed by atoms with Crippen LogP contribution in [0.4, 0.5) is 5.82 Å². The number of piperidine rings is 1. The van der Waals surface area contributed by atoms with Gasteiger partial charge in [-0.05, 0) is 60.0 Å². The highest BCUT2D eigenvalue weighted by molar-refractivity contribution is 5.95. The van der Waals surface area contributed by atoms with Crippen LogP contribution >= 0.6 is 12.4 Å². The van der Waals surface area contributed by atoms with Gasteiger partial charge < -0.3 is 15.6 Å². The Labute approximate surface area is 194 Å². The average molecular weight is 478 g/mol. The van der Waals surface area contributed by atoms with E-state index in [1.165, 1.54) is 30.5 Å². The molecule has 0 unspecified atom stereocenters.